The van der Waals surface area contributed by atoms with Crippen molar-refractivity contribution in [3.63, 3.8) is 0 Å². The molecule has 21 heavy (non-hydrogen) atoms. The first kappa shape index (κ1) is 14.0. The van der Waals surface area contributed by atoms with Crippen molar-refractivity contribution >= 4 is 17.6 Å². The van der Waals surface area contributed by atoms with E-state index in [0.29, 0.717) is 16.6 Å². The molecule has 1 saturated heterocycles. The Hall–Kier alpha value is -1.98. The van der Waals surface area contributed by atoms with Gasteiger partial charge in [-0.25, -0.2) is 14.8 Å². The molecule has 0 saturated carbocycles. The fourth-order valence-electron chi connectivity index (χ4n) is 2.57. The Balaban J connectivity index is 1.94. The van der Waals surface area contributed by atoms with Crippen LogP contribution in [0.5, 0.6) is 0 Å². The van der Waals surface area contributed by atoms with E-state index in [9.17, 15) is 4.79 Å². The number of hydrogen-bond donors (Lipinski definition) is 2. The van der Waals surface area contributed by atoms with Crippen LogP contribution in [0.3, 0.4) is 0 Å². The first-order valence-electron chi connectivity index (χ1n) is 6.71. The van der Waals surface area contributed by atoms with Gasteiger partial charge in [0.25, 0.3) is 0 Å². The average Bonchev–Trinajstić information content (AvgIpc) is 3.01. The van der Waals surface area contributed by atoms with Gasteiger partial charge in [0.05, 0.1) is 5.69 Å². The number of nitrogens with one attached hydrogen (secondary N) is 1. The van der Waals surface area contributed by atoms with E-state index in [1.54, 1.807) is 0 Å². The third-order valence-corrected chi connectivity index (χ3v) is 4.01. The van der Waals surface area contributed by atoms with Crippen molar-refractivity contribution < 1.29 is 9.90 Å². The Morgan fingerprint density at radius 2 is 2.19 bits per heavy atom. The van der Waals surface area contributed by atoms with Gasteiger partial charge in [-0.15, -0.1) is 0 Å². The normalized spacial score (nSPS) is 17.9. The zero-order valence-corrected chi connectivity index (χ0v) is 12.0. The zero-order chi connectivity index (χ0) is 14.8. The Morgan fingerprint density at radius 3 is 2.86 bits per heavy atom. The lowest BCUT2D eigenvalue weighted by Crippen LogP contribution is -2.08. The van der Waals surface area contributed by atoms with E-state index in [2.05, 4.69) is 15.3 Å². The fourth-order valence-corrected chi connectivity index (χ4v) is 2.90. The first-order valence-corrected chi connectivity index (χ1v) is 7.09. The van der Waals surface area contributed by atoms with Crippen molar-refractivity contribution in [1.29, 1.82) is 0 Å². The van der Waals surface area contributed by atoms with Gasteiger partial charge in [-0.3, -0.25) is 0 Å². The molecule has 1 unspecified atom stereocenters. The number of carbonyl (C=O) groups is 1. The van der Waals surface area contributed by atoms with Crippen LogP contribution in [0.15, 0.2) is 30.6 Å². The molecular formula is C15H14ClN3O2. The maximum Gasteiger partial charge on any atom is 0.354 e. The summed E-state index contributed by atoms with van der Waals surface area (Å²) in [5.41, 5.74) is 2.44. The quantitative estimate of drug-likeness (QED) is 0.911. The number of carboxylic acid groups (broad SMARTS) is 1. The highest BCUT2D eigenvalue weighted by Crippen LogP contribution is 2.32. The van der Waals surface area contributed by atoms with E-state index in [0.717, 1.165) is 30.6 Å². The molecule has 0 amide bonds. The Morgan fingerprint density at radius 1 is 1.33 bits per heavy atom. The SMILES string of the molecule is O=C(O)c1cc(-c2ccc(C3CCNC3)c(Cl)c2)ncn1. The van der Waals surface area contributed by atoms with Gasteiger partial charge in [0.15, 0.2) is 5.69 Å². The molecule has 2 aromatic rings. The smallest absolute Gasteiger partial charge is 0.354 e. The molecule has 1 atom stereocenters. The highest BCUT2D eigenvalue weighted by atomic mass is 35.5. The summed E-state index contributed by atoms with van der Waals surface area (Å²) in [5, 5.41) is 13.0. The lowest BCUT2D eigenvalue weighted by Gasteiger charge is -2.12. The molecule has 108 valence electrons. The molecule has 1 aromatic heterocycles. The number of nitrogens with zero attached hydrogens (tertiary/aromatic N) is 2. The summed E-state index contributed by atoms with van der Waals surface area (Å²) >= 11 is 6.37. The first-order chi connectivity index (χ1) is 10.1. The van der Waals surface area contributed by atoms with Gasteiger partial charge in [-0.1, -0.05) is 23.7 Å². The molecule has 0 bridgehead atoms. The van der Waals surface area contributed by atoms with E-state index in [1.807, 2.05) is 18.2 Å². The van der Waals surface area contributed by atoms with Crippen molar-refractivity contribution in [3.8, 4) is 11.3 Å². The molecule has 1 fully saturated rings. The monoisotopic (exact) mass is 303 g/mol. The van der Waals surface area contributed by atoms with Crippen LogP contribution in [0.2, 0.25) is 5.02 Å². The average molecular weight is 304 g/mol. The number of halogens is 1. The molecule has 3 rings (SSSR count). The summed E-state index contributed by atoms with van der Waals surface area (Å²) in [7, 11) is 0. The number of benzene rings is 1. The minimum absolute atomic E-state index is 0.0276. The third kappa shape index (κ3) is 2.89. The maximum atomic E-state index is 11.0. The second kappa shape index (κ2) is 5.79. The second-order valence-electron chi connectivity index (χ2n) is 5.02. The van der Waals surface area contributed by atoms with Crippen LogP contribution >= 0.6 is 11.6 Å². The van der Waals surface area contributed by atoms with Crippen LogP contribution < -0.4 is 5.32 Å². The zero-order valence-electron chi connectivity index (χ0n) is 11.2. The predicted octanol–water partition coefficient (Wildman–Crippen LogP) is 2.57. The Labute approximate surface area is 127 Å². The molecule has 0 radical (unpaired) electrons. The minimum atomic E-state index is -1.07. The van der Waals surface area contributed by atoms with Crippen molar-refractivity contribution in [3.05, 3.63) is 46.9 Å². The van der Waals surface area contributed by atoms with Crippen LogP contribution in [-0.2, 0) is 0 Å². The lowest BCUT2D eigenvalue weighted by atomic mass is 9.96. The fraction of sp³-hybridized carbons (Fsp3) is 0.267. The minimum Gasteiger partial charge on any atom is -0.477 e. The molecule has 6 heteroatoms. The second-order valence-corrected chi connectivity index (χ2v) is 5.43. The Bertz CT molecular complexity index is 684. The van der Waals surface area contributed by atoms with Crippen molar-refractivity contribution in [2.24, 2.45) is 0 Å². The van der Waals surface area contributed by atoms with E-state index in [-0.39, 0.29) is 5.69 Å². The molecule has 5 nitrogen and oxygen atoms in total. The standard InChI is InChI=1S/C15H14ClN3O2/c16-12-5-9(1-2-11(12)10-3-4-17-7-10)13-6-14(15(20)21)19-8-18-13/h1-2,5-6,8,10,17H,3-4,7H2,(H,20,21). The summed E-state index contributed by atoms with van der Waals surface area (Å²) in [5.74, 6) is -0.634. The van der Waals surface area contributed by atoms with E-state index in [4.69, 9.17) is 16.7 Å². The van der Waals surface area contributed by atoms with Crippen LogP contribution in [-0.4, -0.2) is 34.1 Å². The van der Waals surface area contributed by atoms with E-state index in [1.165, 1.54) is 12.4 Å². The molecule has 1 aliphatic rings. The van der Waals surface area contributed by atoms with E-state index >= 15 is 0 Å². The van der Waals surface area contributed by atoms with Gasteiger partial charge in [0.1, 0.15) is 6.33 Å². The predicted molar refractivity (Wildman–Crippen MR) is 79.7 cm³/mol. The summed E-state index contributed by atoms with van der Waals surface area (Å²) in [6.07, 6.45) is 2.33. The summed E-state index contributed by atoms with van der Waals surface area (Å²) < 4.78 is 0. The summed E-state index contributed by atoms with van der Waals surface area (Å²) in [6.45, 7) is 1.95. The Kier molecular flexibility index (Phi) is 3.86. The van der Waals surface area contributed by atoms with Crippen LogP contribution in [0.1, 0.15) is 28.4 Å². The van der Waals surface area contributed by atoms with Gasteiger partial charge < -0.3 is 10.4 Å². The van der Waals surface area contributed by atoms with Crippen molar-refractivity contribution in [2.45, 2.75) is 12.3 Å². The molecule has 0 spiro atoms. The molecule has 1 aliphatic heterocycles. The molecule has 2 N–H and O–H groups in total. The van der Waals surface area contributed by atoms with Crippen LogP contribution in [0, 0.1) is 0 Å². The summed E-state index contributed by atoms with van der Waals surface area (Å²) in [4.78, 5) is 18.8. The number of aromatic carboxylic acids is 1. The van der Waals surface area contributed by atoms with Gasteiger partial charge in [0.2, 0.25) is 0 Å². The maximum absolute atomic E-state index is 11.0. The largest absolute Gasteiger partial charge is 0.477 e. The topological polar surface area (TPSA) is 75.1 Å². The van der Waals surface area contributed by atoms with E-state index < -0.39 is 5.97 Å². The number of aromatic nitrogens is 2. The number of carboxylic acids is 1. The highest BCUT2D eigenvalue weighted by Gasteiger charge is 2.19. The molecule has 1 aromatic carbocycles. The van der Waals surface area contributed by atoms with Gasteiger partial charge >= 0.3 is 5.97 Å². The summed E-state index contributed by atoms with van der Waals surface area (Å²) in [6, 6.07) is 7.21. The lowest BCUT2D eigenvalue weighted by molar-refractivity contribution is 0.0690. The third-order valence-electron chi connectivity index (χ3n) is 3.68. The van der Waals surface area contributed by atoms with Crippen LogP contribution in [0.4, 0.5) is 0 Å². The van der Waals surface area contributed by atoms with Gasteiger partial charge in [-0.05, 0) is 36.6 Å². The molecule has 0 aliphatic carbocycles. The van der Waals surface area contributed by atoms with Crippen molar-refractivity contribution in [1.82, 2.24) is 15.3 Å². The van der Waals surface area contributed by atoms with Gasteiger partial charge in [-0.2, -0.15) is 0 Å². The van der Waals surface area contributed by atoms with Crippen molar-refractivity contribution in [2.75, 3.05) is 13.1 Å². The molecule has 2 heterocycles. The van der Waals surface area contributed by atoms with Crippen LogP contribution in [0.25, 0.3) is 11.3 Å². The number of hydrogen-bond acceptors (Lipinski definition) is 4. The molecular weight excluding hydrogens is 290 g/mol. The van der Waals surface area contributed by atoms with Gasteiger partial charge in [0, 0.05) is 17.1 Å². The number of rotatable bonds is 3. The highest BCUT2D eigenvalue weighted by molar-refractivity contribution is 6.31.